The number of hydrogen-bond acceptors (Lipinski definition) is 18. The third kappa shape index (κ3) is 24.3. The molecule has 4 N–H and O–H groups in total. The van der Waals surface area contributed by atoms with E-state index in [1.807, 2.05) is 74.4 Å². The second kappa shape index (κ2) is 38.9. The molecule has 0 spiro atoms. The summed E-state index contributed by atoms with van der Waals surface area (Å²) in [4.78, 5) is 138. The van der Waals surface area contributed by atoms with Crippen molar-refractivity contribution in [3.05, 3.63) is 42.0 Å². The van der Waals surface area contributed by atoms with Gasteiger partial charge in [-0.1, -0.05) is 87.3 Å². The minimum atomic E-state index is -4.47. The number of methoxy groups -OCH3 is 2. The van der Waals surface area contributed by atoms with E-state index in [9.17, 15) is 56.4 Å². The SMILES string of the molecule is CC[C@H](C)[C@@H]([C@@H](CC(=O)N1CCC[C@H]1[C@H](OC)[C@@H](C)C(=O)NS(=O)(=O)c1ccc(CC(=O)[C@H](CCCCC(N)=O)CC(=O)[C@@H](CC(=O)CCOCCOCCOCCN2C(=O)C=CC2=O)C(C)C)cc1)OC)N(C)C(=O)[C@@H](NC(=O)[C@H](C(C)C)N(C)C)C(C)C. The van der Waals surface area contributed by atoms with Crippen LogP contribution in [0.15, 0.2) is 41.3 Å². The molecule has 1 aromatic carbocycles. The second-order valence-corrected chi connectivity index (χ2v) is 26.8. The third-order valence-electron chi connectivity index (χ3n) is 17.2. The lowest BCUT2D eigenvalue weighted by atomic mass is 9.80. The van der Waals surface area contributed by atoms with Gasteiger partial charge >= 0.3 is 0 Å². The molecule has 2 aliphatic rings. The molecule has 0 aliphatic carbocycles. The molecule has 0 saturated carbocycles. The van der Waals surface area contributed by atoms with Gasteiger partial charge in [0, 0.05) is 83.9 Å². The standard InChI is InChI=1S/C65H105N7O17S/c1-15-44(8)61(70(12)65(82)59(42(4)5)67-64(81)60(43(6)7)69(10)11)54(85-13)40-58(79)71-29-18-20-51(71)62(86-14)45(9)63(80)68-90(83,84)49-24-22-46(23-25-49)37-52(74)47(19-16-17-21-55(66)76)38-53(75)50(41(2)3)39-48(73)28-31-87-33-35-89-36-34-88-32-30-72-56(77)26-27-57(72)78/h22-27,41-45,47,50-51,54,59-62H,15-21,28-40H2,1-14H3,(H2,66,76)(H,67,81)(H,68,80)/t44-,45+,47+,50-,51-,54+,59-,60-,61-,62+/m0/s1. The van der Waals surface area contributed by atoms with Crippen molar-refractivity contribution in [1.82, 2.24) is 29.6 Å². The van der Waals surface area contributed by atoms with E-state index in [0.29, 0.717) is 44.2 Å². The lowest BCUT2D eigenvalue weighted by Gasteiger charge is -2.41. The number of nitrogens with zero attached hydrogens (tertiary/aromatic N) is 4. The maximum absolute atomic E-state index is 14.5. The zero-order valence-electron chi connectivity index (χ0n) is 55.8. The zero-order valence-corrected chi connectivity index (χ0v) is 56.6. The van der Waals surface area contributed by atoms with Gasteiger partial charge in [-0.25, -0.2) is 13.1 Å². The van der Waals surface area contributed by atoms with Crippen LogP contribution in [0.2, 0.25) is 0 Å². The summed E-state index contributed by atoms with van der Waals surface area (Å²) in [7, 11) is 3.73. The highest BCUT2D eigenvalue weighted by molar-refractivity contribution is 7.90. The van der Waals surface area contributed by atoms with E-state index in [1.54, 1.807) is 16.8 Å². The first-order chi connectivity index (χ1) is 42.4. The predicted octanol–water partition coefficient (Wildman–Crippen LogP) is 4.47. The van der Waals surface area contributed by atoms with Gasteiger partial charge in [0.1, 0.15) is 23.4 Å². The Morgan fingerprint density at radius 1 is 0.722 bits per heavy atom. The summed E-state index contributed by atoms with van der Waals surface area (Å²) in [6.07, 6.45) is 3.22. The largest absolute Gasteiger partial charge is 0.379 e. The predicted molar refractivity (Wildman–Crippen MR) is 337 cm³/mol. The number of sulfonamides is 1. The van der Waals surface area contributed by atoms with Crippen LogP contribution in [-0.4, -0.2) is 211 Å². The van der Waals surface area contributed by atoms with Crippen molar-refractivity contribution in [1.29, 1.82) is 0 Å². The van der Waals surface area contributed by atoms with Crippen LogP contribution in [0.1, 0.15) is 139 Å². The molecule has 508 valence electrons. The van der Waals surface area contributed by atoms with Gasteiger partial charge in [0.25, 0.3) is 21.8 Å². The summed E-state index contributed by atoms with van der Waals surface area (Å²) in [6, 6.07) is 2.96. The highest BCUT2D eigenvalue weighted by atomic mass is 32.2. The van der Waals surface area contributed by atoms with Crippen LogP contribution in [0, 0.1) is 41.4 Å². The number of Topliss-reactive ketones (excluding diaryl/α,β-unsaturated/α-hetero) is 3. The first-order valence-corrected chi connectivity index (χ1v) is 33.3. The topological polar surface area (TPSA) is 314 Å². The molecule has 10 atom stereocenters. The van der Waals surface area contributed by atoms with Gasteiger partial charge in [-0.15, -0.1) is 0 Å². The third-order valence-corrected chi connectivity index (χ3v) is 18.6. The van der Waals surface area contributed by atoms with Gasteiger partial charge < -0.3 is 44.5 Å². The van der Waals surface area contributed by atoms with E-state index < -0.39 is 76.0 Å². The van der Waals surface area contributed by atoms with Crippen LogP contribution in [0.25, 0.3) is 0 Å². The quantitative estimate of drug-likeness (QED) is 0.0599. The first kappa shape index (κ1) is 78.4. The molecule has 3 rings (SSSR count). The van der Waals surface area contributed by atoms with Crippen LogP contribution in [0.5, 0.6) is 0 Å². The number of likely N-dealkylation sites (tertiary alicyclic amines) is 1. The number of rotatable bonds is 45. The molecule has 24 nitrogen and oxygen atoms in total. The van der Waals surface area contributed by atoms with Crippen molar-refractivity contribution in [2.24, 2.45) is 47.2 Å². The molecular weight excluding hydrogens is 1180 g/mol. The van der Waals surface area contributed by atoms with Crippen LogP contribution in [-0.2, 0) is 88.1 Å². The van der Waals surface area contributed by atoms with Crippen LogP contribution in [0.4, 0.5) is 0 Å². The first-order valence-electron chi connectivity index (χ1n) is 31.8. The van der Waals surface area contributed by atoms with Crippen molar-refractivity contribution >= 4 is 68.7 Å². The number of imide groups is 1. The number of amides is 7. The van der Waals surface area contributed by atoms with Crippen molar-refractivity contribution in [3.8, 4) is 0 Å². The van der Waals surface area contributed by atoms with Crippen molar-refractivity contribution in [3.63, 3.8) is 0 Å². The maximum atomic E-state index is 14.5. The van der Waals surface area contributed by atoms with Crippen molar-refractivity contribution in [2.45, 2.75) is 181 Å². The number of ether oxygens (including phenoxy) is 5. The average Bonchev–Trinajstić information content (AvgIpc) is 1.72. The van der Waals surface area contributed by atoms with Crippen LogP contribution < -0.4 is 15.8 Å². The Bertz CT molecular complexity index is 2660. The van der Waals surface area contributed by atoms with Gasteiger partial charge in [0.05, 0.1) is 93.8 Å². The van der Waals surface area contributed by atoms with Crippen molar-refractivity contribution in [2.75, 3.05) is 88.1 Å². The fourth-order valence-corrected chi connectivity index (χ4v) is 13.0. The summed E-state index contributed by atoms with van der Waals surface area (Å²) >= 11 is 0. The minimum Gasteiger partial charge on any atom is -0.379 e. The van der Waals surface area contributed by atoms with E-state index in [2.05, 4.69) is 10.0 Å². The molecule has 1 saturated heterocycles. The Labute approximate surface area is 534 Å². The molecule has 7 amide bonds. The van der Waals surface area contributed by atoms with Crippen LogP contribution in [0.3, 0.4) is 0 Å². The Kier molecular flexibility index (Phi) is 33.9. The summed E-state index contributed by atoms with van der Waals surface area (Å²) in [5, 5.41) is 3.01. The number of nitrogens with one attached hydrogen (secondary N) is 2. The number of carbonyl (C=O) groups is 10. The number of likely N-dealkylation sites (N-methyl/N-ethyl adjacent to an activating group) is 2. The molecule has 2 heterocycles. The normalized spacial score (nSPS) is 17.5. The van der Waals surface area contributed by atoms with E-state index >= 15 is 0 Å². The molecule has 0 radical (unpaired) electrons. The zero-order chi connectivity index (χ0) is 67.6. The summed E-state index contributed by atoms with van der Waals surface area (Å²) in [6.45, 7) is 18.5. The van der Waals surface area contributed by atoms with E-state index in [1.165, 1.54) is 57.6 Å². The van der Waals surface area contributed by atoms with E-state index in [0.717, 1.165) is 4.90 Å². The number of hydrogen-bond donors (Lipinski definition) is 3. The number of carbonyl (C=O) groups excluding carboxylic acids is 10. The fourth-order valence-electron chi connectivity index (χ4n) is 11.9. The summed E-state index contributed by atoms with van der Waals surface area (Å²) in [5.74, 6) is -6.85. The monoisotopic (exact) mass is 1290 g/mol. The van der Waals surface area contributed by atoms with Gasteiger partial charge in [-0.3, -0.25) is 57.7 Å². The number of nitrogens with two attached hydrogens (primary N) is 1. The molecular formula is C65H105N7O17S. The molecule has 90 heavy (non-hydrogen) atoms. The highest BCUT2D eigenvalue weighted by Gasteiger charge is 2.44. The molecule has 0 unspecified atom stereocenters. The lowest BCUT2D eigenvalue weighted by Crippen LogP contribution is -2.59. The Hall–Kier alpha value is -5.83. The number of unbranched alkanes of at least 4 members (excludes halogenated alkanes) is 1. The Morgan fingerprint density at radius 3 is 1.86 bits per heavy atom. The smallest absolute Gasteiger partial charge is 0.264 e. The summed E-state index contributed by atoms with van der Waals surface area (Å²) in [5.41, 5.74) is 5.82. The van der Waals surface area contributed by atoms with Crippen molar-refractivity contribution < 1.29 is 80.0 Å². The van der Waals surface area contributed by atoms with Gasteiger partial charge in [-0.2, -0.15) is 0 Å². The Morgan fingerprint density at radius 2 is 1.32 bits per heavy atom. The molecule has 0 aromatic heterocycles. The molecule has 25 heteroatoms. The maximum Gasteiger partial charge on any atom is 0.264 e. The van der Waals surface area contributed by atoms with Crippen LogP contribution >= 0.6 is 0 Å². The minimum absolute atomic E-state index is 0.0168. The summed E-state index contributed by atoms with van der Waals surface area (Å²) < 4.78 is 58.2. The molecule has 1 aromatic rings. The van der Waals surface area contributed by atoms with Gasteiger partial charge in [-0.05, 0) is 81.1 Å². The van der Waals surface area contributed by atoms with Gasteiger partial charge in [0.15, 0.2) is 0 Å². The number of primary amides is 1. The molecule has 1 fully saturated rings. The fraction of sp³-hybridized carbons (Fsp3) is 0.723. The van der Waals surface area contributed by atoms with Gasteiger partial charge in [0.2, 0.25) is 29.5 Å². The highest BCUT2D eigenvalue weighted by Crippen LogP contribution is 2.31. The molecule has 2 aliphatic heterocycles. The average molecular weight is 1290 g/mol. The lowest BCUT2D eigenvalue weighted by molar-refractivity contribution is -0.148. The number of ketones is 3. The van der Waals surface area contributed by atoms with E-state index in [4.69, 9.17) is 29.4 Å². The molecule has 0 bridgehead atoms. The second-order valence-electron chi connectivity index (χ2n) is 25.2. The van der Waals surface area contributed by atoms with E-state index in [-0.39, 0.29) is 167 Å². The Balaban J connectivity index is 1.64. The number of benzene rings is 1.